The number of phenolic OH excluding ortho intramolecular Hbond substituents is 2. The van der Waals surface area contributed by atoms with E-state index in [2.05, 4.69) is 9.84 Å². The van der Waals surface area contributed by atoms with E-state index in [1.807, 2.05) is 0 Å². The standard InChI is InChI=1S/C10H13NO4.C8H7N3O5/c1-10(11,9(14)15)5-6-2-3-7(12)8(13)4-6;12-8-10(3-4-15-8)9-5-6-1-2-7(16-6)11(13)14/h2-4,12-13H,5,11H2,1H3,(H,14,15);1-2,5H,3-4H2. The zero-order chi connectivity index (χ0) is 23.2. The molecule has 1 amide bonds. The van der Waals surface area contributed by atoms with Crippen molar-refractivity contribution in [3.05, 3.63) is 51.8 Å². The van der Waals surface area contributed by atoms with Gasteiger partial charge in [0.25, 0.3) is 0 Å². The number of carbonyl (C=O) groups is 2. The molecule has 1 saturated heterocycles. The lowest BCUT2D eigenvalue weighted by molar-refractivity contribution is -0.402. The summed E-state index contributed by atoms with van der Waals surface area (Å²) in [6.07, 6.45) is 0.757. The Kier molecular flexibility index (Phi) is 7.15. The number of hydrazone groups is 1. The Morgan fingerprint density at radius 1 is 1.35 bits per heavy atom. The van der Waals surface area contributed by atoms with Crippen molar-refractivity contribution in [1.82, 2.24) is 5.01 Å². The second-order valence-electron chi connectivity index (χ2n) is 6.64. The van der Waals surface area contributed by atoms with Crippen LogP contribution in [0, 0.1) is 10.1 Å². The SMILES string of the molecule is CC(N)(Cc1ccc(O)c(O)c1)C(=O)O.O=C1OCCN1N=Cc1ccc([N+](=O)[O-])o1. The van der Waals surface area contributed by atoms with Crippen molar-refractivity contribution in [2.45, 2.75) is 18.9 Å². The number of hydrogen-bond acceptors (Lipinski definition) is 10. The largest absolute Gasteiger partial charge is 0.504 e. The maximum atomic E-state index is 11.0. The topological polar surface area (TPSA) is 202 Å². The number of nitrogens with two attached hydrogens (primary N) is 1. The third-order valence-corrected chi connectivity index (χ3v) is 3.96. The number of nitro groups is 1. The fourth-order valence-electron chi connectivity index (χ4n) is 2.31. The fourth-order valence-corrected chi connectivity index (χ4v) is 2.31. The van der Waals surface area contributed by atoms with Crippen LogP contribution in [0.4, 0.5) is 10.7 Å². The van der Waals surface area contributed by atoms with E-state index in [0.717, 1.165) is 5.01 Å². The summed E-state index contributed by atoms with van der Waals surface area (Å²) in [6, 6.07) is 6.71. The van der Waals surface area contributed by atoms with Crippen molar-refractivity contribution in [3.8, 4) is 11.5 Å². The molecule has 166 valence electrons. The number of carboxylic acid groups (broad SMARTS) is 1. The second-order valence-corrected chi connectivity index (χ2v) is 6.64. The molecule has 1 atom stereocenters. The van der Waals surface area contributed by atoms with E-state index in [1.54, 1.807) is 0 Å². The summed E-state index contributed by atoms with van der Waals surface area (Å²) in [5.74, 6) is -1.81. The van der Waals surface area contributed by atoms with Gasteiger partial charge in [-0.25, -0.2) is 4.79 Å². The van der Waals surface area contributed by atoms with Crippen LogP contribution in [-0.2, 0) is 16.0 Å². The molecule has 1 aliphatic rings. The summed E-state index contributed by atoms with van der Waals surface area (Å²) < 4.78 is 9.44. The first-order chi connectivity index (χ1) is 14.5. The summed E-state index contributed by atoms with van der Waals surface area (Å²) in [5.41, 5.74) is 4.70. The molecule has 0 radical (unpaired) electrons. The van der Waals surface area contributed by atoms with Gasteiger partial charge in [0.05, 0.1) is 18.8 Å². The minimum absolute atomic E-state index is 0.0795. The average molecular weight is 436 g/mol. The van der Waals surface area contributed by atoms with E-state index >= 15 is 0 Å². The van der Waals surface area contributed by atoms with E-state index in [0.29, 0.717) is 12.1 Å². The Morgan fingerprint density at radius 3 is 2.58 bits per heavy atom. The number of carbonyl (C=O) groups excluding carboxylic acids is 1. The summed E-state index contributed by atoms with van der Waals surface area (Å²) >= 11 is 0. The molecule has 1 aromatic heterocycles. The Hall–Kier alpha value is -4.13. The van der Waals surface area contributed by atoms with Crippen molar-refractivity contribution < 1.29 is 39.0 Å². The number of ether oxygens (including phenoxy) is 1. The molecule has 13 heteroatoms. The van der Waals surface area contributed by atoms with Crippen LogP contribution in [0.3, 0.4) is 0 Å². The molecule has 1 aromatic carbocycles. The predicted molar refractivity (Wildman–Crippen MR) is 105 cm³/mol. The van der Waals surface area contributed by atoms with Crippen molar-refractivity contribution in [2.24, 2.45) is 10.8 Å². The quantitative estimate of drug-likeness (QED) is 0.222. The number of benzene rings is 1. The lowest BCUT2D eigenvalue weighted by Gasteiger charge is -2.19. The van der Waals surface area contributed by atoms with Gasteiger partial charge in [-0.3, -0.25) is 14.9 Å². The molecule has 5 N–H and O–H groups in total. The summed E-state index contributed by atoms with van der Waals surface area (Å²) in [6.45, 7) is 2.03. The molecular formula is C18H20N4O9. The van der Waals surface area contributed by atoms with Crippen molar-refractivity contribution in [3.63, 3.8) is 0 Å². The minimum atomic E-state index is -1.39. The van der Waals surface area contributed by atoms with Gasteiger partial charge >= 0.3 is 17.9 Å². The van der Waals surface area contributed by atoms with E-state index in [-0.39, 0.29) is 36.2 Å². The third-order valence-electron chi connectivity index (χ3n) is 3.96. The van der Waals surface area contributed by atoms with Gasteiger partial charge in [-0.2, -0.15) is 10.1 Å². The highest BCUT2D eigenvalue weighted by Crippen LogP contribution is 2.26. The number of amides is 1. The van der Waals surface area contributed by atoms with Crippen LogP contribution >= 0.6 is 0 Å². The van der Waals surface area contributed by atoms with Gasteiger partial charge in [-0.05, 0) is 30.7 Å². The molecule has 2 heterocycles. The second kappa shape index (κ2) is 9.58. The highest BCUT2D eigenvalue weighted by molar-refractivity contribution is 5.79. The number of nitrogens with zero attached hydrogens (tertiary/aromatic N) is 3. The molecule has 1 aliphatic heterocycles. The number of rotatable bonds is 6. The number of aromatic hydroxyl groups is 2. The van der Waals surface area contributed by atoms with Crippen LogP contribution in [0.15, 0.2) is 39.9 Å². The van der Waals surface area contributed by atoms with Gasteiger partial charge in [0.2, 0.25) is 0 Å². The minimum Gasteiger partial charge on any atom is -0.504 e. The molecule has 0 bridgehead atoms. The fraction of sp³-hybridized carbons (Fsp3) is 0.278. The number of cyclic esters (lactones) is 1. The number of aliphatic carboxylic acids is 1. The van der Waals surface area contributed by atoms with Crippen LogP contribution in [0.1, 0.15) is 18.2 Å². The third kappa shape index (κ3) is 6.43. The molecule has 1 unspecified atom stereocenters. The molecule has 1 fully saturated rings. The monoisotopic (exact) mass is 436 g/mol. The lowest BCUT2D eigenvalue weighted by Crippen LogP contribution is -2.46. The maximum absolute atomic E-state index is 11.0. The molecular weight excluding hydrogens is 416 g/mol. The van der Waals surface area contributed by atoms with Crippen molar-refractivity contribution >= 4 is 24.2 Å². The number of carboxylic acids is 1. The summed E-state index contributed by atoms with van der Waals surface area (Å²) in [5, 5.41) is 42.2. The molecule has 0 spiro atoms. The van der Waals surface area contributed by atoms with E-state index in [4.69, 9.17) is 20.4 Å². The van der Waals surface area contributed by atoms with Gasteiger partial charge in [-0.15, -0.1) is 0 Å². The first kappa shape index (κ1) is 23.2. The first-order valence-electron chi connectivity index (χ1n) is 8.75. The van der Waals surface area contributed by atoms with Crippen LogP contribution in [0.2, 0.25) is 0 Å². The van der Waals surface area contributed by atoms with Gasteiger partial charge in [0, 0.05) is 6.42 Å². The number of hydrogen-bond donors (Lipinski definition) is 4. The normalized spacial score (nSPS) is 15.2. The number of phenols is 2. The van der Waals surface area contributed by atoms with Crippen molar-refractivity contribution in [1.29, 1.82) is 0 Å². The lowest BCUT2D eigenvalue weighted by atomic mass is 9.94. The Labute approximate surface area is 175 Å². The van der Waals surface area contributed by atoms with Gasteiger partial charge in [0.1, 0.15) is 17.1 Å². The van der Waals surface area contributed by atoms with E-state index in [1.165, 1.54) is 43.5 Å². The highest BCUT2D eigenvalue weighted by Gasteiger charge is 2.28. The molecule has 3 rings (SSSR count). The molecule has 13 nitrogen and oxygen atoms in total. The Morgan fingerprint density at radius 2 is 2.06 bits per heavy atom. The van der Waals surface area contributed by atoms with Crippen LogP contribution in [0.5, 0.6) is 11.5 Å². The smallest absolute Gasteiger partial charge is 0.433 e. The Balaban J connectivity index is 0.000000221. The van der Waals surface area contributed by atoms with Gasteiger partial charge < -0.3 is 30.2 Å². The Bertz CT molecular complexity index is 1000. The van der Waals surface area contributed by atoms with Gasteiger partial charge in [-0.1, -0.05) is 6.07 Å². The molecule has 0 saturated carbocycles. The van der Waals surface area contributed by atoms with E-state index < -0.39 is 22.5 Å². The maximum Gasteiger partial charge on any atom is 0.433 e. The first-order valence-corrected chi connectivity index (χ1v) is 8.75. The van der Waals surface area contributed by atoms with Crippen LogP contribution < -0.4 is 5.73 Å². The van der Waals surface area contributed by atoms with Crippen LogP contribution in [0.25, 0.3) is 0 Å². The summed E-state index contributed by atoms with van der Waals surface area (Å²) in [7, 11) is 0. The van der Waals surface area contributed by atoms with Crippen LogP contribution in [-0.4, -0.2) is 62.2 Å². The zero-order valence-corrected chi connectivity index (χ0v) is 16.3. The average Bonchev–Trinajstić information content (AvgIpc) is 3.32. The predicted octanol–water partition coefficient (Wildman–Crippen LogP) is 1.42. The highest BCUT2D eigenvalue weighted by atomic mass is 16.6. The van der Waals surface area contributed by atoms with E-state index in [9.17, 15) is 24.8 Å². The molecule has 0 aliphatic carbocycles. The number of furan rings is 1. The summed E-state index contributed by atoms with van der Waals surface area (Å²) in [4.78, 5) is 31.4. The van der Waals surface area contributed by atoms with Crippen molar-refractivity contribution in [2.75, 3.05) is 13.2 Å². The van der Waals surface area contributed by atoms with Gasteiger partial charge in [0.15, 0.2) is 17.3 Å². The molecule has 2 aromatic rings. The molecule has 31 heavy (non-hydrogen) atoms. The zero-order valence-electron chi connectivity index (χ0n) is 16.3.